The van der Waals surface area contributed by atoms with Gasteiger partial charge in [0.05, 0.1) is 24.5 Å². The van der Waals surface area contributed by atoms with Crippen LogP contribution in [-0.4, -0.2) is 37.1 Å². The Morgan fingerprint density at radius 3 is 2.62 bits per heavy atom. The monoisotopic (exact) mass is 224 g/mol. The van der Waals surface area contributed by atoms with Crippen molar-refractivity contribution in [3.63, 3.8) is 0 Å². The van der Waals surface area contributed by atoms with Gasteiger partial charge in [0.2, 0.25) is 5.91 Å². The third-order valence-corrected chi connectivity index (χ3v) is 3.15. The molecular formula is C12H20N2O2. The van der Waals surface area contributed by atoms with Crippen molar-refractivity contribution in [1.29, 1.82) is 5.26 Å². The van der Waals surface area contributed by atoms with Crippen LogP contribution in [0.25, 0.3) is 0 Å². The number of nitriles is 1. The summed E-state index contributed by atoms with van der Waals surface area (Å²) in [5.74, 6) is 0.147. The van der Waals surface area contributed by atoms with Gasteiger partial charge in [0.1, 0.15) is 0 Å². The topological polar surface area (TPSA) is 53.3 Å². The van der Waals surface area contributed by atoms with Crippen molar-refractivity contribution in [2.24, 2.45) is 5.41 Å². The van der Waals surface area contributed by atoms with E-state index in [-0.39, 0.29) is 11.3 Å². The second-order valence-corrected chi connectivity index (χ2v) is 4.50. The molecule has 0 spiro atoms. The quantitative estimate of drug-likeness (QED) is 0.681. The molecule has 0 N–H and O–H groups in total. The van der Waals surface area contributed by atoms with Crippen LogP contribution >= 0.6 is 0 Å². The number of piperidine rings is 1. The number of hydrogen-bond donors (Lipinski definition) is 0. The average Bonchev–Trinajstić information content (AvgIpc) is 2.30. The van der Waals surface area contributed by atoms with E-state index in [1.165, 1.54) is 0 Å². The first-order valence-electron chi connectivity index (χ1n) is 5.88. The molecule has 1 rings (SSSR count). The minimum absolute atomic E-state index is 0.147. The summed E-state index contributed by atoms with van der Waals surface area (Å²) in [5, 5.41) is 8.98. The average molecular weight is 224 g/mol. The highest BCUT2D eigenvalue weighted by atomic mass is 16.5. The van der Waals surface area contributed by atoms with Crippen molar-refractivity contribution in [3.05, 3.63) is 0 Å². The van der Waals surface area contributed by atoms with E-state index in [9.17, 15) is 4.79 Å². The number of amides is 1. The molecule has 16 heavy (non-hydrogen) atoms. The van der Waals surface area contributed by atoms with Crippen LogP contribution in [0.15, 0.2) is 0 Å². The van der Waals surface area contributed by atoms with Crippen LogP contribution in [-0.2, 0) is 9.53 Å². The Bertz CT molecular complexity index is 275. The van der Waals surface area contributed by atoms with E-state index in [0.29, 0.717) is 32.7 Å². The molecule has 0 aromatic heterocycles. The molecule has 0 unspecified atom stereocenters. The third-order valence-electron chi connectivity index (χ3n) is 3.15. The summed E-state index contributed by atoms with van der Waals surface area (Å²) in [4.78, 5) is 13.6. The smallest absolute Gasteiger partial charge is 0.224 e. The molecule has 90 valence electrons. The summed E-state index contributed by atoms with van der Waals surface area (Å²) < 4.78 is 5.16. The van der Waals surface area contributed by atoms with Gasteiger partial charge in [0.25, 0.3) is 0 Å². The minimum Gasteiger partial charge on any atom is -0.381 e. The Morgan fingerprint density at radius 2 is 2.12 bits per heavy atom. The first-order chi connectivity index (χ1) is 7.61. The Labute approximate surface area is 97.2 Å². The van der Waals surface area contributed by atoms with Gasteiger partial charge in [-0.1, -0.05) is 0 Å². The Hall–Kier alpha value is -1.08. The minimum atomic E-state index is -0.239. The van der Waals surface area contributed by atoms with Crippen molar-refractivity contribution in [1.82, 2.24) is 4.90 Å². The maximum absolute atomic E-state index is 11.7. The molecule has 1 saturated heterocycles. The summed E-state index contributed by atoms with van der Waals surface area (Å²) >= 11 is 0. The number of carbonyl (C=O) groups excluding carboxylic acids is 1. The maximum Gasteiger partial charge on any atom is 0.224 e. The van der Waals surface area contributed by atoms with E-state index in [1.807, 2.05) is 18.7 Å². The molecule has 0 aliphatic carbocycles. The van der Waals surface area contributed by atoms with Crippen molar-refractivity contribution < 1.29 is 9.53 Å². The van der Waals surface area contributed by atoms with Crippen LogP contribution in [0.4, 0.5) is 0 Å². The van der Waals surface area contributed by atoms with Crippen LogP contribution in [0.3, 0.4) is 0 Å². The predicted molar refractivity (Wildman–Crippen MR) is 60.6 cm³/mol. The van der Waals surface area contributed by atoms with E-state index in [1.54, 1.807) is 0 Å². The molecule has 0 bridgehead atoms. The van der Waals surface area contributed by atoms with Gasteiger partial charge in [-0.05, 0) is 26.7 Å². The lowest BCUT2D eigenvalue weighted by Crippen LogP contribution is -2.41. The standard InChI is InChI=1S/C12H20N2O2/c1-3-16-9-4-11(15)14-7-5-12(2,10-13)6-8-14/h3-9H2,1-2H3. The molecule has 4 heteroatoms. The van der Waals surface area contributed by atoms with Gasteiger partial charge < -0.3 is 9.64 Å². The third kappa shape index (κ3) is 3.49. The normalized spacial score (nSPS) is 19.2. The highest BCUT2D eigenvalue weighted by molar-refractivity contribution is 5.76. The number of ether oxygens (including phenoxy) is 1. The lowest BCUT2D eigenvalue weighted by molar-refractivity contribution is -0.134. The molecule has 0 aromatic rings. The summed E-state index contributed by atoms with van der Waals surface area (Å²) in [6.45, 7) is 6.45. The Morgan fingerprint density at radius 1 is 1.50 bits per heavy atom. The first-order valence-corrected chi connectivity index (χ1v) is 5.88. The number of hydrogen-bond acceptors (Lipinski definition) is 3. The van der Waals surface area contributed by atoms with Crippen molar-refractivity contribution in [3.8, 4) is 6.07 Å². The molecule has 1 aliphatic heterocycles. The van der Waals surface area contributed by atoms with Crippen LogP contribution < -0.4 is 0 Å². The molecule has 0 aromatic carbocycles. The molecule has 4 nitrogen and oxygen atoms in total. The summed E-state index contributed by atoms with van der Waals surface area (Å²) in [6.07, 6.45) is 2.02. The molecule has 0 radical (unpaired) electrons. The molecule has 0 saturated carbocycles. The van der Waals surface area contributed by atoms with Crippen molar-refractivity contribution in [2.75, 3.05) is 26.3 Å². The van der Waals surface area contributed by atoms with E-state index in [2.05, 4.69) is 6.07 Å². The second kappa shape index (κ2) is 5.86. The number of rotatable bonds is 4. The Kier molecular flexibility index (Phi) is 4.75. The van der Waals surface area contributed by atoms with Gasteiger partial charge in [0.15, 0.2) is 0 Å². The van der Waals surface area contributed by atoms with Crippen LogP contribution in [0.5, 0.6) is 0 Å². The Balaban J connectivity index is 2.31. The van der Waals surface area contributed by atoms with E-state index < -0.39 is 0 Å². The lowest BCUT2D eigenvalue weighted by Gasteiger charge is -2.34. The molecular weight excluding hydrogens is 204 g/mol. The summed E-state index contributed by atoms with van der Waals surface area (Å²) in [7, 11) is 0. The zero-order valence-corrected chi connectivity index (χ0v) is 10.2. The summed E-state index contributed by atoms with van der Waals surface area (Å²) in [6, 6.07) is 2.33. The zero-order valence-electron chi connectivity index (χ0n) is 10.2. The van der Waals surface area contributed by atoms with Gasteiger partial charge in [-0.25, -0.2) is 0 Å². The van der Waals surface area contributed by atoms with Crippen molar-refractivity contribution in [2.45, 2.75) is 33.1 Å². The fourth-order valence-corrected chi connectivity index (χ4v) is 1.82. The first kappa shape index (κ1) is 13.0. The predicted octanol–water partition coefficient (Wildman–Crippen LogP) is 1.57. The fourth-order valence-electron chi connectivity index (χ4n) is 1.82. The second-order valence-electron chi connectivity index (χ2n) is 4.50. The lowest BCUT2D eigenvalue weighted by atomic mass is 9.82. The SMILES string of the molecule is CCOCCC(=O)N1CCC(C)(C#N)CC1. The van der Waals surface area contributed by atoms with Gasteiger partial charge in [-0.2, -0.15) is 5.26 Å². The maximum atomic E-state index is 11.7. The molecule has 1 amide bonds. The molecule has 1 aliphatic rings. The van der Waals surface area contributed by atoms with E-state index >= 15 is 0 Å². The summed E-state index contributed by atoms with van der Waals surface area (Å²) in [5.41, 5.74) is -0.239. The van der Waals surface area contributed by atoms with Crippen molar-refractivity contribution >= 4 is 5.91 Å². The van der Waals surface area contributed by atoms with Crippen LogP contribution in [0.1, 0.15) is 33.1 Å². The van der Waals surface area contributed by atoms with Gasteiger partial charge >= 0.3 is 0 Å². The number of carbonyl (C=O) groups is 1. The van der Waals surface area contributed by atoms with Gasteiger partial charge in [0, 0.05) is 19.7 Å². The van der Waals surface area contributed by atoms with E-state index in [4.69, 9.17) is 10.00 Å². The van der Waals surface area contributed by atoms with E-state index in [0.717, 1.165) is 12.8 Å². The zero-order chi connectivity index (χ0) is 12.0. The highest BCUT2D eigenvalue weighted by Crippen LogP contribution is 2.29. The number of nitrogens with zero attached hydrogens (tertiary/aromatic N) is 2. The fraction of sp³-hybridized carbons (Fsp3) is 0.833. The van der Waals surface area contributed by atoms with Crippen LogP contribution in [0, 0.1) is 16.7 Å². The highest BCUT2D eigenvalue weighted by Gasteiger charge is 2.31. The van der Waals surface area contributed by atoms with Gasteiger partial charge in [-0.15, -0.1) is 0 Å². The van der Waals surface area contributed by atoms with Gasteiger partial charge in [-0.3, -0.25) is 4.79 Å². The van der Waals surface area contributed by atoms with Crippen LogP contribution in [0.2, 0.25) is 0 Å². The largest absolute Gasteiger partial charge is 0.381 e. The molecule has 1 fully saturated rings. The number of likely N-dealkylation sites (tertiary alicyclic amines) is 1. The molecule has 0 atom stereocenters. The molecule has 1 heterocycles.